The van der Waals surface area contributed by atoms with E-state index in [2.05, 4.69) is 10.5 Å². The summed E-state index contributed by atoms with van der Waals surface area (Å²) in [5.74, 6) is -0.935. The molecule has 0 aliphatic heterocycles. The molecule has 0 radical (unpaired) electrons. The van der Waals surface area contributed by atoms with E-state index in [1.807, 2.05) is 13.8 Å². The molecule has 2 atom stereocenters. The van der Waals surface area contributed by atoms with Crippen LogP contribution < -0.4 is 5.32 Å². The van der Waals surface area contributed by atoms with Crippen LogP contribution in [0.2, 0.25) is 0 Å². The molecule has 7 nitrogen and oxygen atoms in total. The molecule has 1 amide bonds. The van der Waals surface area contributed by atoms with Gasteiger partial charge >= 0.3 is 5.97 Å². The van der Waals surface area contributed by atoms with Crippen molar-refractivity contribution in [2.75, 3.05) is 13.7 Å². The summed E-state index contributed by atoms with van der Waals surface area (Å²) < 4.78 is 9.94. The summed E-state index contributed by atoms with van der Waals surface area (Å²) in [5.41, 5.74) is 0.184. The third-order valence-electron chi connectivity index (χ3n) is 3.39. The molecule has 1 aromatic heterocycles. The van der Waals surface area contributed by atoms with Crippen molar-refractivity contribution in [1.82, 2.24) is 10.5 Å². The van der Waals surface area contributed by atoms with E-state index in [1.165, 1.54) is 14.0 Å². The number of aromatic nitrogens is 1. The van der Waals surface area contributed by atoms with Crippen LogP contribution in [0.4, 0.5) is 0 Å². The molecule has 2 unspecified atom stereocenters. The van der Waals surface area contributed by atoms with E-state index in [0.29, 0.717) is 5.76 Å². The van der Waals surface area contributed by atoms with E-state index in [4.69, 9.17) is 9.26 Å². The molecular weight excluding hydrogens is 276 g/mol. The van der Waals surface area contributed by atoms with Crippen LogP contribution in [0.25, 0.3) is 0 Å². The Labute approximate surface area is 123 Å². The average molecular weight is 298 g/mol. The predicted molar refractivity (Wildman–Crippen MR) is 75.1 cm³/mol. The standard InChI is InChI=1S/C14H22N2O5/c1-8(12-9(2)16-21-10(12)3)6-11(17)15-14(4,7-20-5)13(18)19/h8H,6-7H2,1-5H3,(H,15,17)(H,18,19). The van der Waals surface area contributed by atoms with Crippen molar-refractivity contribution in [3.8, 4) is 0 Å². The highest BCUT2D eigenvalue weighted by atomic mass is 16.5. The van der Waals surface area contributed by atoms with Gasteiger partial charge in [-0.25, -0.2) is 4.79 Å². The maximum absolute atomic E-state index is 12.1. The second-order valence-electron chi connectivity index (χ2n) is 5.46. The van der Waals surface area contributed by atoms with Crippen molar-refractivity contribution < 1.29 is 24.0 Å². The summed E-state index contributed by atoms with van der Waals surface area (Å²) in [6.45, 7) is 6.79. The highest BCUT2D eigenvalue weighted by Crippen LogP contribution is 2.25. The molecule has 0 saturated heterocycles. The molecular formula is C14H22N2O5. The van der Waals surface area contributed by atoms with E-state index in [9.17, 15) is 14.7 Å². The lowest BCUT2D eigenvalue weighted by Gasteiger charge is -2.26. The third-order valence-corrected chi connectivity index (χ3v) is 3.39. The van der Waals surface area contributed by atoms with Gasteiger partial charge in [-0.15, -0.1) is 0 Å². The molecule has 2 N–H and O–H groups in total. The van der Waals surface area contributed by atoms with Crippen molar-refractivity contribution in [2.45, 2.75) is 45.6 Å². The van der Waals surface area contributed by atoms with Crippen LogP contribution in [0.3, 0.4) is 0 Å². The summed E-state index contributed by atoms with van der Waals surface area (Å²) in [4.78, 5) is 23.3. The first-order valence-corrected chi connectivity index (χ1v) is 6.67. The Kier molecular flexibility index (Phi) is 5.48. The SMILES string of the molecule is COCC(C)(NC(=O)CC(C)c1c(C)noc1C)C(=O)O. The molecule has 118 valence electrons. The number of carbonyl (C=O) groups is 2. The Morgan fingerprint density at radius 3 is 2.52 bits per heavy atom. The summed E-state index contributed by atoms with van der Waals surface area (Å²) in [5, 5.41) is 15.6. The second kappa shape index (κ2) is 6.71. The monoisotopic (exact) mass is 298 g/mol. The molecule has 0 aliphatic rings. The van der Waals surface area contributed by atoms with Gasteiger partial charge in [0, 0.05) is 19.1 Å². The fraction of sp³-hybridized carbons (Fsp3) is 0.643. The predicted octanol–water partition coefficient (Wildman–Crippen LogP) is 1.39. The molecule has 21 heavy (non-hydrogen) atoms. The molecule has 0 fully saturated rings. The van der Waals surface area contributed by atoms with Gasteiger partial charge in [-0.1, -0.05) is 12.1 Å². The molecule has 1 aromatic rings. The van der Waals surface area contributed by atoms with E-state index >= 15 is 0 Å². The van der Waals surface area contributed by atoms with Crippen LogP contribution >= 0.6 is 0 Å². The molecule has 0 aliphatic carbocycles. The van der Waals surface area contributed by atoms with E-state index in [0.717, 1.165) is 11.3 Å². The fourth-order valence-electron chi connectivity index (χ4n) is 2.37. The lowest BCUT2D eigenvalue weighted by molar-refractivity contribution is -0.149. The first-order chi connectivity index (χ1) is 9.71. The fourth-order valence-corrected chi connectivity index (χ4v) is 2.37. The van der Waals surface area contributed by atoms with Gasteiger partial charge in [-0.05, 0) is 26.7 Å². The zero-order valence-electron chi connectivity index (χ0n) is 13.0. The van der Waals surface area contributed by atoms with E-state index in [-0.39, 0.29) is 24.9 Å². The highest BCUT2D eigenvalue weighted by Gasteiger charge is 2.35. The zero-order chi connectivity index (χ0) is 16.2. The number of carboxylic acid groups (broad SMARTS) is 1. The smallest absolute Gasteiger partial charge is 0.331 e. The molecule has 0 bridgehead atoms. The maximum atomic E-state index is 12.1. The lowest BCUT2D eigenvalue weighted by atomic mass is 9.95. The number of hydrogen-bond donors (Lipinski definition) is 2. The minimum absolute atomic E-state index is 0.103. The average Bonchev–Trinajstić information content (AvgIpc) is 2.68. The molecule has 0 saturated carbocycles. The van der Waals surface area contributed by atoms with Gasteiger partial charge in [0.2, 0.25) is 5.91 Å². The van der Waals surface area contributed by atoms with Crippen molar-refractivity contribution in [3.05, 3.63) is 17.0 Å². The van der Waals surface area contributed by atoms with Crippen molar-refractivity contribution >= 4 is 11.9 Å². The number of carbonyl (C=O) groups excluding carboxylic acids is 1. The Bertz CT molecular complexity index is 506. The normalized spacial score (nSPS) is 15.3. The van der Waals surface area contributed by atoms with Crippen LogP contribution in [-0.2, 0) is 14.3 Å². The number of nitrogens with one attached hydrogen (secondary N) is 1. The summed E-state index contributed by atoms with van der Waals surface area (Å²) in [6.07, 6.45) is 0.148. The molecule has 1 rings (SSSR count). The quantitative estimate of drug-likeness (QED) is 0.788. The van der Waals surface area contributed by atoms with Crippen LogP contribution in [0.1, 0.15) is 43.2 Å². The Balaban J connectivity index is 2.75. The topological polar surface area (TPSA) is 102 Å². The zero-order valence-corrected chi connectivity index (χ0v) is 13.0. The van der Waals surface area contributed by atoms with Gasteiger partial charge in [0.05, 0.1) is 12.3 Å². The summed E-state index contributed by atoms with van der Waals surface area (Å²) in [7, 11) is 1.39. The summed E-state index contributed by atoms with van der Waals surface area (Å²) >= 11 is 0. The van der Waals surface area contributed by atoms with E-state index in [1.54, 1.807) is 6.92 Å². The van der Waals surface area contributed by atoms with Crippen LogP contribution in [0.5, 0.6) is 0 Å². The first-order valence-electron chi connectivity index (χ1n) is 6.67. The Morgan fingerprint density at radius 2 is 2.10 bits per heavy atom. The minimum Gasteiger partial charge on any atom is -0.479 e. The van der Waals surface area contributed by atoms with Gasteiger partial charge < -0.3 is 19.7 Å². The number of rotatable bonds is 7. The van der Waals surface area contributed by atoms with Gasteiger partial charge in [-0.3, -0.25) is 4.79 Å². The minimum atomic E-state index is -1.44. The van der Waals surface area contributed by atoms with E-state index < -0.39 is 11.5 Å². The number of carboxylic acids is 1. The van der Waals surface area contributed by atoms with Crippen molar-refractivity contribution in [1.29, 1.82) is 0 Å². The van der Waals surface area contributed by atoms with Crippen LogP contribution in [-0.4, -0.2) is 41.4 Å². The van der Waals surface area contributed by atoms with Crippen LogP contribution in [0.15, 0.2) is 4.52 Å². The van der Waals surface area contributed by atoms with Gasteiger partial charge in [0.1, 0.15) is 5.76 Å². The number of amides is 1. The number of ether oxygens (including phenoxy) is 1. The van der Waals surface area contributed by atoms with Crippen molar-refractivity contribution in [3.63, 3.8) is 0 Å². The number of hydrogen-bond acceptors (Lipinski definition) is 5. The number of methoxy groups -OCH3 is 1. The number of aryl methyl sites for hydroxylation is 2. The third kappa shape index (κ3) is 4.04. The molecule has 1 heterocycles. The largest absolute Gasteiger partial charge is 0.479 e. The molecule has 0 aromatic carbocycles. The second-order valence-corrected chi connectivity index (χ2v) is 5.46. The Morgan fingerprint density at radius 1 is 1.48 bits per heavy atom. The molecule has 7 heteroatoms. The highest BCUT2D eigenvalue weighted by molar-refractivity contribution is 5.87. The van der Waals surface area contributed by atoms with Crippen LogP contribution in [0, 0.1) is 13.8 Å². The summed E-state index contributed by atoms with van der Waals surface area (Å²) in [6, 6.07) is 0. The Hall–Kier alpha value is -1.89. The van der Waals surface area contributed by atoms with Gasteiger partial charge in [-0.2, -0.15) is 0 Å². The first kappa shape index (κ1) is 17.2. The lowest BCUT2D eigenvalue weighted by Crippen LogP contribution is -2.55. The number of nitrogens with zero attached hydrogens (tertiary/aromatic N) is 1. The van der Waals surface area contributed by atoms with Gasteiger partial charge in [0.25, 0.3) is 0 Å². The van der Waals surface area contributed by atoms with Crippen molar-refractivity contribution in [2.24, 2.45) is 0 Å². The number of aliphatic carboxylic acids is 1. The molecule has 0 spiro atoms. The van der Waals surface area contributed by atoms with Gasteiger partial charge in [0.15, 0.2) is 5.54 Å². The maximum Gasteiger partial charge on any atom is 0.331 e.